The number of nitrogens with zero attached hydrogens (tertiary/aromatic N) is 2. The van der Waals surface area contributed by atoms with Gasteiger partial charge in [0.1, 0.15) is 11.5 Å². The summed E-state index contributed by atoms with van der Waals surface area (Å²) in [5, 5.41) is 5.33. The quantitative estimate of drug-likeness (QED) is 0.461. The smallest absolute Gasteiger partial charge is 0.258 e. The number of carbonyl (C=O) groups excluding carboxylic acids is 1. The Hall–Kier alpha value is -2.55. The highest BCUT2D eigenvalue weighted by atomic mass is 35.5. The molecule has 1 aromatic carbocycles. The molecular formula is C20H16ClN3O3S2. The van der Waals surface area contributed by atoms with Gasteiger partial charge in [0, 0.05) is 34.0 Å². The second-order valence-corrected chi connectivity index (χ2v) is 8.48. The maximum Gasteiger partial charge on any atom is 0.258 e. The van der Waals surface area contributed by atoms with Crippen LogP contribution in [0.4, 0.5) is 0 Å². The summed E-state index contributed by atoms with van der Waals surface area (Å²) in [7, 11) is 0. The molecule has 0 spiro atoms. The fraction of sp³-hybridized carbons (Fsp3) is 0.150. The highest BCUT2D eigenvalue weighted by molar-refractivity contribution is 7.99. The molecule has 0 unspecified atom stereocenters. The second-order valence-electron chi connectivity index (χ2n) is 6.18. The Morgan fingerprint density at radius 1 is 1.24 bits per heavy atom. The molecule has 9 heteroatoms. The van der Waals surface area contributed by atoms with Crippen LogP contribution in [0.3, 0.4) is 0 Å². The van der Waals surface area contributed by atoms with E-state index >= 15 is 0 Å². The van der Waals surface area contributed by atoms with Gasteiger partial charge in [-0.25, -0.2) is 4.98 Å². The molecule has 4 aromatic rings. The van der Waals surface area contributed by atoms with Crippen LogP contribution in [0, 0.1) is 0 Å². The van der Waals surface area contributed by atoms with Gasteiger partial charge in [0.15, 0.2) is 4.96 Å². The summed E-state index contributed by atoms with van der Waals surface area (Å²) in [6.45, 7) is 0.313. The Balaban J connectivity index is 1.26. The highest BCUT2D eigenvalue weighted by Gasteiger charge is 2.08. The average molecular weight is 446 g/mol. The fourth-order valence-corrected chi connectivity index (χ4v) is 4.30. The lowest BCUT2D eigenvalue weighted by molar-refractivity contribution is -0.118. The number of thiazole rings is 1. The molecule has 1 N–H and O–H groups in total. The van der Waals surface area contributed by atoms with E-state index in [4.69, 9.17) is 16.0 Å². The van der Waals surface area contributed by atoms with Gasteiger partial charge < -0.3 is 9.73 Å². The molecule has 3 aromatic heterocycles. The van der Waals surface area contributed by atoms with Crippen molar-refractivity contribution in [3.63, 3.8) is 0 Å². The molecule has 148 valence electrons. The molecule has 0 saturated heterocycles. The van der Waals surface area contributed by atoms with Crippen LogP contribution in [-0.2, 0) is 17.1 Å². The number of thioether (sulfide) groups is 1. The zero-order chi connectivity index (χ0) is 20.2. The summed E-state index contributed by atoms with van der Waals surface area (Å²) in [4.78, 5) is 29.1. The molecule has 0 radical (unpaired) electrons. The predicted octanol–water partition coefficient (Wildman–Crippen LogP) is 4.22. The molecule has 6 nitrogen and oxygen atoms in total. The molecule has 0 saturated carbocycles. The van der Waals surface area contributed by atoms with Gasteiger partial charge in [-0.2, -0.15) is 0 Å². The first-order chi connectivity index (χ1) is 14.1. The molecule has 0 bridgehead atoms. The standard InChI is InChI=1S/C20H16ClN3O3S2/c21-14-3-1-13(2-4-14)17-6-5-16(27-17)10-22-18(25)12-28-11-15-9-19(26)24-7-8-29-20(24)23-15/h1-9H,10-12H2,(H,22,25). The first-order valence-corrected chi connectivity index (χ1v) is 11.1. The lowest BCUT2D eigenvalue weighted by Gasteiger charge is -2.04. The third kappa shape index (κ3) is 4.90. The van der Waals surface area contributed by atoms with Crippen LogP contribution < -0.4 is 10.9 Å². The van der Waals surface area contributed by atoms with Crippen molar-refractivity contribution in [1.29, 1.82) is 0 Å². The molecule has 29 heavy (non-hydrogen) atoms. The molecule has 0 aliphatic heterocycles. The SMILES string of the molecule is O=C(CSCc1cc(=O)n2ccsc2n1)NCc1ccc(-c2ccc(Cl)cc2)o1. The van der Waals surface area contributed by atoms with Crippen molar-refractivity contribution in [2.24, 2.45) is 0 Å². The van der Waals surface area contributed by atoms with Crippen LogP contribution in [0.5, 0.6) is 0 Å². The minimum absolute atomic E-state index is 0.103. The maximum absolute atomic E-state index is 12.1. The fourth-order valence-electron chi connectivity index (χ4n) is 2.69. The third-order valence-electron chi connectivity index (χ3n) is 4.09. The van der Waals surface area contributed by atoms with Gasteiger partial charge in [0.25, 0.3) is 5.56 Å². The summed E-state index contributed by atoms with van der Waals surface area (Å²) in [5.74, 6) is 2.07. The number of carbonyl (C=O) groups is 1. The normalized spacial score (nSPS) is 11.1. The Morgan fingerprint density at radius 2 is 2.07 bits per heavy atom. The molecule has 3 heterocycles. The number of benzene rings is 1. The van der Waals surface area contributed by atoms with Crippen molar-refractivity contribution in [2.45, 2.75) is 12.3 Å². The van der Waals surface area contributed by atoms with Gasteiger partial charge >= 0.3 is 0 Å². The summed E-state index contributed by atoms with van der Waals surface area (Å²) < 4.78 is 7.28. The lowest BCUT2D eigenvalue weighted by atomic mass is 10.2. The molecular weight excluding hydrogens is 430 g/mol. The van der Waals surface area contributed by atoms with Crippen LogP contribution in [0.2, 0.25) is 5.02 Å². The van der Waals surface area contributed by atoms with E-state index in [9.17, 15) is 9.59 Å². The van der Waals surface area contributed by atoms with Gasteiger partial charge in [0.05, 0.1) is 18.0 Å². The molecule has 0 atom stereocenters. The van der Waals surface area contributed by atoms with Crippen LogP contribution in [0.15, 0.2) is 63.3 Å². The number of rotatable bonds is 7. The van der Waals surface area contributed by atoms with Crippen molar-refractivity contribution in [3.8, 4) is 11.3 Å². The first kappa shape index (κ1) is 19.8. The number of halogens is 1. The minimum Gasteiger partial charge on any atom is -0.459 e. The molecule has 0 aliphatic carbocycles. The Labute approximate surface area is 179 Å². The van der Waals surface area contributed by atoms with Crippen LogP contribution >= 0.6 is 34.7 Å². The van der Waals surface area contributed by atoms with E-state index in [1.807, 2.05) is 29.6 Å². The molecule has 0 aliphatic rings. The summed E-state index contributed by atoms with van der Waals surface area (Å²) in [6, 6.07) is 12.6. The first-order valence-electron chi connectivity index (χ1n) is 8.73. The zero-order valence-corrected chi connectivity index (χ0v) is 17.5. The number of hydrogen-bond donors (Lipinski definition) is 1. The lowest BCUT2D eigenvalue weighted by Crippen LogP contribution is -2.24. The largest absolute Gasteiger partial charge is 0.459 e. The van der Waals surface area contributed by atoms with Gasteiger partial charge in [-0.15, -0.1) is 23.1 Å². The van der Waals surface area contributed by atoms with Gasteiger partial charge in [0.2, 0.25) is 5.91 Å². The average Bonchev–Trinajstić information content (AvgIpc) is 3.37. The molecule has 4 rings (SSSR count). The summed E-state index contributed by atoms with van der Waals surface area (Å²) in [6.07, 6.45) is 1.70. The highest BCUT2D eigenvalue weighted by Crippen LogP contribution is 2.23. The van der Waals surface area contributed by atoms with Crippen molar-refractivity contribution in [1.82, 2.24) is 14.7 Å². The van der Waals surface area contributed by atoms with Crippen molar-refractivity contribution in [2.75, 3.05) is 5.75 Å². The monoisotopic (exact) mass is 445 g/mol. The van der Waals surface area contributed by atoms with E-state index in [0.29, 0.717) is 33.7 Å². The molecule has 0 fully saturated rings. The van der Waals surface area contributed by atoms with Gasteiger partial charge in [-0.05, 0) is 36.4 Å². The molecule has 1 amide bonds. The van der Waals surface area contributed by atoms with E-state index in [1.165, 1.54) is 33.6 Å². The third-order valence-corrected chi connectivity index (χ3v) is 6.06. The predicted molar refractivity (Wildman–Crippen MR) is 117 cm³/mol. The van der Waals surface area contributed by atoms with Gasteiger partial charge in [-0.3, -0.25) is 14.0 Å². The van der Waals surface area contributed by atoms with Crippen molar-refractivity contribution >= 4 is 45.6 Å². The van der Waals surface area contributed by atoms with E-state index < -0.39 is 0 Å². The van der Waals surface area contributed by atoms with E-state index in [2.05, 4.69) is 10.3 Å². The Morgan fingerprint density at radius 3 is 2.90 bits per heavy atom. The number of amides is 1. The van der Waals surface area contributed by atoms with Crippen LogP contribution in [0.1, 0.15) is 11.5 Å². The van der Waals surface area contributed by atoms with E-state index in [0.717, 1.165) is 11.3 Å². The van der Waals surface area contributed by atoms with Crippen molar-refractivity contribution < 1.29 is 9.21 Å². The van der Waals surface area contributed by atoms with Gasteiger partial charge in [-0.1, -0.05) is 11.6 Å². The van der Waals surface area contributed by atoms with E-state index in [-0.39, 0.29) is 17.2 Å². The summed E-state index contributed by atoms with van der Waals surface area (Å²) in [5.41, 5.74) is 1.49. The van der Waals surface area contributed by atoms with Crippen LogP contribution in [-0.4, -0.2) is 21.0 Å². The summed E-state index contributed by atoms with van der Waals surface area (Å²) >= 11 is 8.72. The van der Waals surface area contributed by atoms with Crippen molar-refractivity contribution in [3.05, 3.63) is 80.9 Å². The second kappa shape index (κ2) is 8.86. The number of aromatic nitrogens is 2. The zero-order valence-electron chi connectivity index (χ0n) is 15.1. The number of nitrogens with one attached hydrogen (secondary N) is 1. The number of furan rings is 1. The number of fused-ring (bicyclic) bond motifs is 1. The van der Waals surface area contributed by atoms with E-state index in [1.54, 1.807) is 18.3 Å². The minimum atomic E-state index is -0.106. The topological polar surface area (TPSA) is 76.6 Å². The Kier molecular flexibility index (Phi) is 6.03. The maximum atomic E-state index is 12.1. The number of hydrogen-bond acceptors (Lipinski definition) is 6. The van der Waals surface area contributed by atoms with Crippen LogP contribution in [0.25, 0.3) is 16.3 Å². The Bertz CT molecular complexity index is 1200.